The van der Waals surface area contributed by atoms with Crippen LogP contribution in [0.1, 0.15) is 48.1 Å². The number of likely N-dealkylation sites (N-methyl/N-ethyl adjacent to an activating group) is 1. The van der Waals surface area contributed by atoms with E-state index in [0.29, 0.717) is 35.4 Å². The third-order valence-corrected chi connectivity index (χ3v) is 6.75. The van der Waals surface area contributed by atoms with Crippen molar-refractivity contribution in [3.8, 4) is 28.8 Å². The van der Waals surface area contributed by atoms with E-state index in [1.165, 1.54) is 0 Å². The average molecular weight is 467 g/mol. The molecule has 2 aliphatic rings. The lowest BCUT2D eigenvalue weighted by Gasteiger charge is -2.33. The molecule has 1 unspecified atom stereocenters. The van der Waals surface area contributed by atoms with Gasteiger partial charge in [-0.3, -0.25) is 9.78 Å². The van der Waals surface area contributed by atoms with Gasteiger partial charge in [-0.1, -0.05) is 26.0 Å². The number of ether oxygens (including phenoxy) is 3. The van der Waals surface area contributed by atoms with Crippen molar-refractivity contribution in [1.82, 2.24) is 9.55 Å². The molecule has 1 aromatic heterocycles. The summed E-state index contributed by atoms with van der Waals surface area (Å²) in [6.45, 7) is 4.95. The van der Waals surface area contributed by atoms with Crippen molar-refractivity contribution < 1.29 is 24.2 Å². The molecule has 0 saturated carbocycles. The summed E-state index contributed by atoms with van der Waals surface area (Å²) < 4.78 is 18.1. The molecular formula is C25H28N3O6+. The fourth-order valence-electron chi connectivity index (χ4n) is 4.96. The molecule has 0 spiro atoms. The fourth-order valence-corrected chi connectivity index (χ4v) is 4.96. The van der Waals surface area contributed by atoms with Crippen LogP contribution >= 0.6 is 0 Å². The number of nitrogens with one attached hydrogen (secondary N) is 2. The first kappa shape index (κ1) is 22.1. The largest absolute Gasteiger partial charge is 0.494 e. The standard InChI is InChI=1S/C25H27N3O6/c1-13(2)14-5-7-16(8-6-14)28-24(30)19(23(29)26-25(28)31)20-18-15(9-10-27(20)3)11-17-21(22(18)32-4)34-12-33-17/h5-8,11,13,20,30H,9-10,12H2,1-4H3,(H,26,29,31)/p+1/t20-/m0/s1. The van der Waals surface area contributed by atoms with Gasteiger partial charge in [0.15, 0.2) is 17.5 Å². The zero-order valence-electron chi connectivity index (χ0n) is 19.6. The number of rotatable bonds is 4. The van der Waals surface area contributed by atoms with Crippen LogP contribution in [0, 0.1) is 0 Å². The van der Waals surface area contributed by atoms with Crippen LogP contribution in [0.25, 0.3) is 5.69 Å². The quantitative estimate of drug-likeness (QED) is 0.534. The summed E-state index contributed by atoms with van der Waals surface area (Å²) in [5, 5.41) is 11.4. The second-order valence-electron chi connectivity index (χ2n) is 9.07. The van der Waals surface area contributed by atoms with Gasteiger partial charge in [0, 0.05) is 6.42 Å². The summed E-state index contributed by atoms with van der Waals surface area (Å²) in [4.78, 5) is 29.3. The second kappa shape index (κ2) is 8.25. The molecular weight excluding hydrogens is 438 g/mol. The number of quaternary nitrogens is 1. The van der Waals surface area contributed by atoms with E-state index < -0.39 is 17.3 Å². The average Bonchev–Trinajstić information content (AvgIpc) is 3.27. The van der Waals surface area contributed by atoms with Crippen LogP contribution in [-0.2, 0) is 6.42 Å². The zero-order chi connectivity index (χ0) is 24.1. The first-order valence-electron chi connectivity index (χ1n) is 11.3. The zero-order valence-corrected chi connectivity index (χ0v) is 19.6. The summed E-state index contributed by atoms with van der Waals surface area (Å²) in [5.74, 6) is 1.49. The van der Waals surface area contributed by atoms with Gasteiger partial charge in [-0.15, -0.1) is 0 Å². The van der Waals surface area contributed by atoms with Crippen LogP contribution < -0.4 is 30.4 Å². The summed E-state index contributed by atoms with van der Waals surface area (Å²) in [6.07, 6.45) is 0.736. The molecule has 2 aliphatic heterocycles. The van der Waals surface area contributed by atoms with E-state index in [2.05, 4.69) is 18.8 Å². The van der Waals surface area contributed by atoms with Crippen LogP contribution in [0.2, 0.25) is 0 Å². The molecule has 2 atom stereocenters. The Morgan fingerprint density at radius 1 is 1.18 bits per heavy atom. The Kier molecular flexibility index (Phi) is 5.36. The molecule has 0 fully saturated rings. The van der Waals surface area contributed by atoms with Gasteiger partial charge in [-0.25, -0.2) is 9.36 Å². The summed E-state index contributed by atoms with van der Waals surface area (Å²) in [6, 6.07) is 8.68. The number of benzene rings is 2. The van der Waals surface area contributed by atoms with E-state index in [1.807, 2.05) is 25.2 Å². The van der Waals surface area contributed by atoms with E-state index >= 15 is 0 Å². The predicted octanol–water partition coefficient (Wildman–Crippen LogP) is 1.25. The second-order valence-corrected chi connectivity index (χ2v) is 9.07. The van der Waals surface area contributed by atoms with Gasteiger partial charge in [0.2, 0.25) is 18.4 Å². The fraction of sp³-hybridized carbons (Fsp3) is 0.360. The first-order chi connectivity index (χ1) is 16.3. The number of methoxy groups -OCH3 is 1. The normalized spacial score (nSPS) is 18.7. The molecule has 0 bridgehead atoms. The molecule has 5 rings (SSSR count). The van der Waals surface area contributed by atoms with Crippen molar-refractivity contribution in [1.29, 1.82) is 0 Å². The third kappa shape index (κ3) is 3.35. The molecule has 0 radical (unpaired) electrons. The molecule has 3 heterocycles. The minimum atomic E-state index is -0.699. The number of aromatic hydroxyl groups is 1. The van der Waals surface area contributed by atoms with E-state index in [4.69, 9.17) is 14.2 Å². The maximum Gasteiger partial charge on any atom is 0.335 e. The lowest BCUT2D eigenvalue weighted by atomic mass is 9.87. The van der Waals surface area contributed by atoms with Crippen molar-refractivity contribution in [3.05, 3.63) is 73.4 Å². The minimum Gasteiger partial charge on any atom is -0.494 e. The van der Waals surface area contributed by atoms with Crippen molar-refractivity contribution in [2.45, 2.75) is 32.2 Å². The van der Waals surface area contributed by atoms with Gasteiger partial charge in [-0.2, -0.15) is 0 Å². The number of nitrogens with zero attached hydrogens (tertiary/aromatic N) is 1. The summed E-state index contributed by atoms with van der Waals surface area (Å²) >= 11 is 0. The molecule has 3 aromatic rings. The van der Waals surface area contributed by atoms with E-state index in [-0.39, 0.29) is 18.2 Å². The molecule has 3 N–H and O–H groups in total. The lowest BCUT2D eigenvalue weighted by molar-refractivity contribution is -0.908. The van der Waals surface area contributed by atoms with Crippen LogP contribution in [0.15, 0.2) is 39.9 Å². The minimum absolute atomic E-state index is 0.0883. The van der Waals surface area contributed by atoms with Gasteiger partial charge in [0.05, 0.1) is 32.0 Å². The van der Waals surface area contributed by atoms with Crippen molar-refractivity contribution >= 4 is 0 Å². The molecule has 178 valence electrons. The SMILES string of the molecule is COc1c2c(cc3c1[C@@H](c1c(O)n(-c4ccc(C(C)C)cc4)c(=O)[nH]c1=O)[NH+](C)CC3)OCO2. The monoisotopic (exact) mass is 466 g/mol. The van der Waals surface area contributed by atoms with Gasteiger partial charge < -0.3 is 24.2 Å². The smallest absolute Gasteiger partial charge is 0.335 e. The maximum absolute atomic E-state index is 13.1. The molecule has 0 amide bonds. The van der Waals surface area contributed by atoms with Crippen LogP contribution in [0.4, 0.5) is 0 Å². The Hall–Kier alpha value is -3.72. The Morgan fingerprint density at radius 3 is 2.59 bits per heavy atom. The molecule has 0 saturated heterocycles. The molecule has 0 aliphatic carbocycles. The summed E-state index contributed by atoms with van der Waals surface area (Å²) in [7, 11) is 3.49. The number of H-pyrrole nitrogens is 1. The van der Waals surface area contributed by atoms with Crippen LogP contribution in [0.5, 0.6) is 23.1 Å². The van der Waals surface area contributed by atoms with Crippen molar-refractivity contribution in [3.63, 3.8) is 0 Å². The van der Waals surface area contributed by atoms with Crippen molar-refractivity contribution in [2.24, 2.45) is 0 Å². The maximum atomic E-state index is 13.1. The van der Waals surface area contributed by atoms with E-state index in [1.54, 1.807) is 19.2 Å². The van der Waals surface area contributed by atoms with Gasteiger partial charge >= 0.3 is 5.69 Å². The molecule has 9 heteroatoms. The first-order valence-corrected chi connectivity index (χ1v) is 11.3. The van der Waals surface area contributed by atoms with E-state index in [9.17, 15) is 14.7 Å². The highest BCUT2D eigenvalue weighted by atomic mass is 16.7. The van der Waals surface area contributed by atoms with E-state index in [0.717, 1.165) is 32.6 Å². The highest BCUT2D eigenvalue weighted by molar-refractivity contribution is 5.63. The van der Waals surface area contributed by atoms with Gasteiger partial charge in [0.1, 0.15) is 5.56 Å². The highest BCUT2D eigenvalue weighted by Gasteiger charge is 2.41. The summed E-state index contributed by atoms with van der Waals surface area (Å²) in [5.41, 5.74) is 2.04. The number of hydrogen-bond acceptors (Lipinski definition) is 6. The topological polar surface area (TPSA) is 107 Å². The Balaban J connectivity index is 1.74. The Bertz CT molecular complexity index is 1370. The molecule has 9 nitrogen and oxygen atoms in total. The Morgan fingerprint density at radius 2 is 1.91 bits per heavy atom. The Labute approximate surface area is 196 Å². The number of aromatic amines is 1. The number of hydrogen-bond donors (Lipinski definition) is 3. The number of aromatic nitrogens is 2. The third-order valence-electron chi connectivity index (χ3n) is 6.75. The van der Waals surface area contributed by atoms with Crippen LogP contribution in [0.3, 0.4) is 0 Å². The van der Waals surface area contributed by atoms with Gasteiger partial charge in [0.25, 0.3) is 5.56 Å². The number of fused-ring (bicyclic) bond motifs is 2. The van der Waals surface area contributed by atoms with Gasteiger partial charge in [-0.05, 0) is 35.2 Å². The lowest BCUT2D eigenvalue weighted by Crippen LogP contribution is -3.10. The molecule has 34 heavy (non-hydrogen) atoms. The molecule has 2 aromatic carbocycles. The van der Waals surface area contributed by atoms with Crippen molar-refractivity contribution in [2.75, 3.05) is 27.5 Å². The highest BCUT2D eigenvalue weighted by Crippen LogP contribution is 2.48. The van der Waals surface area contributed by atoms with Crippen LogP contribution in [-0.4, -0.2) is 42.2 Å². The predicted molar refractivity (Wildman–Crippen MR) is 125 cm³/mol.